The summed E-state index contributed by atoms with van der Waals surface area (Å²) in [7, 11) is 1.37. The maximum Gasteiger partial charge on any atom is 0.305 e. The van der Waals surface area contributed by atoms with E-state index in [2.05, 4.69) is 15.4 Å². The monoisotopic (exact) mass is 358 g/mol. The fourth-order valence-corrected chi connectivity index (χ4v) is 2.28. The second-order valence-corrected chi connectivity index (χ2v) is 5.65. The fraction of sp³-hybridized carbons (Fsp3) is 0.316. The lowest BCUT2D eigenvalue weighted by molar-refractivity contribution is -0.140. The number of unbranched alkanes of at least 4 members (excludes halogenated alkanes) is 2. The van der Waals surface area contributed by atoms with Crippen LogP contribution in [0.5, 0.6) is 0 Å². The zero-order chi connectivity index (χ0) is 18.8. The van der Waals surface area contributed by atoms with Crippen LogP contribution in [0.2, 0.25) is 0 Å². The van der Waals surface area contributed by atoms with E-state index in [-0.39, 0.29) is 23.5 Å². The van der Waals surface area contributed by atoms with E-state index < -0.39 is 0 Å². The highest BCUT2D eigenvalue weighted by Gasteiger charge is 2.10. The number of anilines is 1. The number of hydrogen-bond donors (Lipinski definition) is 2. The van der Waals surface area contributed by atoms with Gasteiger partial charge in [-0.1, -0.05) is 6.42 Å². The first-order valence-electron chi connectivity index (χ1n) is 8.40. The molecule has 1 heterocycles. The molecule has 0 bridgehead atoms. The normalized spacial score (nSPS) is 10.2. The number of furan rings is 1. The molecule has 1 aromatic carbocycles. The molecular formula is C19H22N2O5. The maximum atomic E-state index is 12.1. The average molecular weight is 358 g/mol. The zero-order valence-corrected chi connectivity index (χ0v) is 14.6. The summed E-state index contributed by atoms with van der Waals surface area (Å²) in [5, 5.41) is 5.51. The van der Waals surface area contributed by atoms with E-state index in [1.165, 1.54) is 13.4 Å². The van der Waals surface area contributed by atoms with Crippen LogP contribution in [0.4, 0.5) is 5.69 Å². The number of amides is 2. The Morgan fingerprint density at radius 1 is 1.00 bits per heavy atom. The van der Waals surface area contributed by atoms with E-state index in [0.29, 0.717) is 24.2 Å². The van der Waals surface area contributed by atoms with Crippen molar-refractivity contribution in [1.29, 1.82) is 0 Å². The van der Waals surface area contributed by atoms with Gasteiger partial charge in [-0.25, -0.2) is 0 Å². The molecule has 1 aromatic heterocycles. The van der Waals surface area contributed by atoms with E-state index in [1.54, 1.807) is 36.4 Å². The molecule has 2 N–H and O–H groups in total. The smallest absolute Gasteiger partial charge is 0.305 e. The summed E-state index contributed by atoms with van der Waals surface area (Å²) in [4.78, 5) is 34.9. The second-order valence-electron chi connectivity index (χ2n) is 5.65. The van der Waals surface area contributed by atoms with E-state index in [0.717, 1.165) is 19.3 Å². The highest BCUT2D eigenvalue weighted by Crippen LogP contribution is 2.12. The Bertz CT molecular complexity index is 723. The van der Waals surface area contributed by atoms with Gasteiger partial charge < -0.3 is 19.8 Å². The highest BCUT2D eigenvalue weighted by molar-refractivity contribution is 6.02. The van der Waals surface area contributed by atoms with Crippen molar-refractivity contribution in [3.8, 4) is 0 Å². The summed E-state index contributed by atoms with van der Waals surface area (Å²) in [6.45, 7) is 0.539. The number of rotatable bonds is 9. The van der Waals surface area contributed by atoms with Gasteiger partial charge in [0, 0.05) is 24.2 Å². The molecule has 7 heteroatoms. The number of ether oxygens (including phenoxy) is 1. The van der Waals surface area contributed by atoms with Gasteiger partial charge in [0.15, 0.2) is 5.76 Å². The van der Waals surface area contributed by atoms with Crippen molar-refractivity contribution in [3.63, 3.8) is 0 Å². The minimum Gasteiger partial charge on any atom is -0.469 e. The van der Waals surface area contributed by atoms with Gasteiger partial charge >= 0.3 is 5.97 Å². The Labute approximate surface area is 151 Å². The predicted molar refractivity (Wildman–Crippen MR) is 95.9 cm³/mol. The van der Waals surface area contributed by atoms with Crippen molar-refractivity contribution in [2.75, 3.05) is 19.0 Å². The first-order valence-corrected chi connectivity index (χ1v) is 8.40. The third-order valence-corrected chi connectivity index (χ3v) is 3.72. The van der Waals surface area contributed by atoms with Gasteiger partial charge in [0.1, 0.15) is 0 Å². The van der Waals surface area contributed by atoms with Gasteiger partial charge in [0.2, 0.25) is 0 Å². The molecule has 0 aliphatic rings. The number of nitrogens with one attached hydrogen (secondary N) is 2. The molecule has 0 spiro atoms. The molecule has 0 atom stereocenters. The third-order valence-electron chi connectivity index (χ3n) is 3.72. The quantitative estimate of drug-likeness (QED) is 0.530. The molecule has 0 unspecified atom stereocenters. The lowest BCUT2D eigenvalue weighted by Gasteiger charge is -2.07. The maximum absolute atomic E-state index is 12.1. The van der Waals surface area contributed by atoms with Crippen LogP contribution in [-0.2, 0) is 9.53 Å². The molecule has 2 rings (SSSR count). The van der Waals surface area contributed by atoms with Crippen LogP contribution in [0.25, 0.3) is 0 Å². The van der Waals surface area contributed by atoms with E-state index in [4.69, 9.17) is 4.42 Å². The topological polar surface area (TPSA) is 97.6 Å². The molecular weight excluding hydrogens is 336 g/mol. The number of carbonyl (C=O) groups is 3. The minimum atomic E-state index is -0.348. The predicted octanol–water partition coefficient (Wildman–Crippen LogP) is 3.00. The van der Waals surface area contributed by atoms with Crippen molar-refractivity contribution in [1.82, 2.24) is 5.32 Å². The van der Waals surface area contributed by atoms with Gasteiger partial charge in [-0.05, 0) is 49.2 Å². The molecule has 0 saturated carbocycles. The first-order chi connectivity index (χ1) is 12.6. The van der Waals surface area contributed by atoms with E-state index >= 15 is 0 Å². The summed E-state index contributed by atoms with van der Waals surface area (Å²) in [5.41, 5.74) is 1.08. The number of hydrogen-bond acceptors (Lipinski definition) is 5. The number of carbonyl (C=O) groups excluding carboxylic acids is 3. The molecule has 0 radical (unpaired) electrons. The molecule has 2 aromatic rings. The highest BCUT2D eigenvalue weighted by atomic mass is 16.5. The van der Waals surface area contributed by atoms with Crippen LogP contribution in [0.1, 0.15) is 46.6 Å². The second kappa shape index (κ2) is 10.0. The number of esters is 1. The van der Waals surface area contributed by atoms with Crippen molar-refractivity contribution >= 4 is 23.5 Å². The van der Waals surface area contributed by atoms with Gasteiger partial charge in [-0.15, -0.1) is 0 Å². The van der Waals surface area contributed by atoms with Crippen LogP contribution in [0.15, 0.2) is 47.1 Å². The Morgan fingerprint density at radius 2 is 1.77 bits per heavy atom. The standard InChI is InChI=1S/C19H22N2O5/c1-25-17(22)7-3-2-4-12-20-18(23)14-8-10-15(11-9-14)21-19(24)16-6-5-13-26-16/h5-6,8-11,13H,2-4,7,12H2,1H3,(H,20,23)(H,21,24). The summed E-state index contributed by atoms with van der Waals surface area (Å²) in [6.07, 6.45) is 4.20. The fourth-order valence-electron chi connectivity index (χ4n) is 2.28. The molecule has 0 aliphatic carbocycles. The van der Waals surface area contributed by atoms with Crippen molar-refractivity contribution < 1.29 is 23.5 Å². The largest absolute Gasteiger partial charge is 0.469 e. The molecule has 0 aliphatic heterocycles. The van der Waals surface area contributed by atoms with Gasteiger partial charge in [-0.2, -0.15) is 0 Å². The van der Waals surface area contributed by atoms with E-state index in [1.807, 2.05) is 0 Å². The third kappa shape index (κ3) is 6.08. The van der Waals surface area contributed by atoms with Crippen molar-refractivity contribution in [2.24, 2.45) is 0 Å². The molecule has 26 heavy (non-hydrogen) atoms. The summed E-state index contributed by atoms with van der Waals surface area (Å²) in [5.74, 6) is -0.520. The Kier molecular flexibility index (Phi) is 7.42. The van der Waals surface area contributed by atoms with Crippen LogP contribution in [0, 0.1) is 0 Å². The summed E-state index contributed by atoms with van der Waals surface area (Å²) in [6, 6.07) is 9.81. The Hall–Kier alpha value is -3.09. The molecule has 0 fully saturated rings. The SMILES string of the molecule is COC(=O)CCCCCNC(=O)c1ccc(NC(=O)c2ccco2)cc1. The summed E-state index contributed by atoms with van der Waals surface area (Å²) >= 11 is 0. The molecule has 2 amide bonds. The summed E-state index contributed by atoms with van der Waals surface area (Å²) < 4.78 is 9.59. The van der Waals surface area contributed by atoms with Crippen LogP contribution in [-0.4, -0.2) is 31.4 Å². The van der Waals surface area contributed by atoms with E-state index in [9.17, 15) is 14.4 Å². The number of benzene rings is 1. The average Bonchev–Trinajstić information content (AvgIpc) is 3.19. The van der Waals surface area contributed by atoms with Crippen LogP contribution >= 0.6 is 0 Å². The first kappa shape index (κ1) is 19.2. The van der Waals surface area contributed by atoms with Gasteiger partial charge in [-0.3, -0.25) is 14.4 Å². The Morgan fingerprint density at radius 3 is 2.42 bits per heavy atom. The molecule has 7 nitrogen and oxygen atoms in total. The van der Waals surface area contributed by atoms with Crippen LogP contribution in [0.3, 0.4) is 0 Å². The minimum absolute atomic E-state index is 0.179. The lowest BCUT2D eigenvalue weighted by atomic mass is 10.1. The number of methoxy groups -OCH3 is 1. The lowest BCUT2D eigenvalue weighted by Crippen LogP contribution is -2.24. The molecule has 0 saturated heterocycles. The van der Waals surface area contributed by atoms with Gasteiger partial charge in [0.05, 0.1) is 13.4 Å². The Balaban J connectivity index is 1.71. The zero-order valence-electron chi connectivity index (χ0n) is 14.6. The van der Waals surface area contributed by atoms with Crippen molar-refractivity contribution in [3.05, 3.63) is 54.0 Å². The van der Waals surface area contributed by atoms with Crippen LogP contribution < -0.4 is 10.6 Å². The molecule has 138 valence electrons. The van der Waals surface area contributed by atoms with Gasteiger partial charge in [0.25, 0.3) is 11.8 Å². The van der Waals surface area contributed by atoms with Crippen molar-refractivity contribution in [2.45, 2.75) is 25.7 Å².